The molecule has 0 heterocycles. The van der Waals surface area contributed by atoms with E-state index in [4.69, 9.17) is 5.73 Å². The summed E-state index contributed by atoms with van der Waals surface area (Å²) in [7, 11) is 0. The first-order chi connectivity index (χ1) is 7.65. The van der Waals surface area contributed by atoms with E-state index in [9.17, 15) is 4.79 Å². The number of nitrogens with one attached hydrogen (secondary N) is 1. The number of benzene rings is 1. The van der Waals surface area contributed by atoms with Crippen molar-refractivity contribution in [3.05, 3.63) is 29.8 Å². The summed E-state index contributed by atoms with van der Waals surface area (Å²) in [5.41, 5.74) is 7.86. The maximum Gasteiger partial charge on any atom is 0.227 e. The minimum Gasteiger partial charge on any atom is -0.328 e. The molecule has 0 aromatic heterocycles. The van der Waals surface area contributed by atoms with Crippen molar-refractivity contribution in [1.29, 1.82) is 0 Å². The van der Waals surface area contributed by atoms with Gasteiger partial charge in [0, 0.05) is 17.6 Å². The van der Waals surface area contributed by atoms with E-state index in [1.807, 2.05) is 31.2 Å². The molecule has 0 spiro atoms. The first-order valence-electron chi connectivity index (χ1n) is 5.78. The molecule has 16 heavy (non-hydrogen) atoms. The Morgan fingerprint density at radius 2 is 2.00 bits per heavy atom. The quantitative estimate of drug-likeness (QED) is 0.798. The molecule has 1 saturated carbocycles. The van der Waals surface area contributed by atoms with Crippen molar-refractivity contribution in [2.75, 3.05) is 5.32 Å². The number of rotatable bonds is 2. The highest BCUT2D eigenvalue weighted by Crippen LogP contribution is 2.25. The van der Waals surface area contributed by atoms with Crippen molar-refractivity contribution in [3.63, 3.8) is 0 Å². The summed E-state index contributed by atoms with van der Waals surface area (Å²) in [4.78, 5) is 11.9. The van der Waals surface area contributed by atoms with Gasteiger partial charge in [-0.05, 0) is 38.3 Å². The molecule has 0 radical (unpaired) electrons. The monoisotopic (exact) mass is 218 g/mol. The smallest absolute Gasteiger partial charge is 0.227 e. The lowest BCUT2D eigenvalue weighted by Gasteiger charge is -2.10. The molecule has 1 amide bonds. The Morgan fingerprint density at radius 3 is 2.56 bits per heavy atom. The number of amides is 1. The van der Waals surface area contributed by atoms with Gasteiger partial charge in [-0.25, -0.2) is 0 Å². The molecule has 1 aliphatic carbocycles. The predicted molar refractivity (Wildman–Crippen MR) is 65.1 cm³/mol. The first kappa shape index (κ1) is 11.1. The fourth-order valence-corrected chi connectivity index (χ4v) is 2.14. The van der Waals surface area contributed by atoms with E-state index in [-0.39, 0.29) is 17.9 Å². The van der Waals surface area contributed by atoms with Gasteiger partial charge >= 0.3 is 0 Å². The topological polar surface area (TPSA) is 55.1 Å². The molecule has 86 valence electrons. The molecule has 1 aromatic rings. The third kappa shape index (κ3) is 2.61. The lowest BCUT2D eigenvalue weighted by Crippen LogP contribution is -2.23. The summed E-state index contributed by atoms with van der Waals surface area (Å²) in [6.07, 6.45) is 2.70. The minimum absolute atomic E-state index is 0.0938. The van der Waals surface area contributed by atoms with Crippen molar-refractivity contribution in [1.82, 2.24) is 0 Å². The zero-order valence-corrected chi connectivity index (χ0v) is 9.57. The van der Waals surface area contributed by atoms with Crippen LogP contribution < -0.4 is 11.1 Å². The second-order valence-corrected chi connectivity index (χ2v) is 4.63. The van der Waals surface area contributed by atoms with Crippen LogP contribution in [0.2, 0.25) is 0 Å². The molecule has 2 atom stereocenters. The Hall–Kier alpha value is -1.35. The van der Waals surface area contributed by atoms with E-state index >= 15 is 0 Å². The molecular formula is C13H18N2O. The Morgan fingerprint density at radius 1 is 1.31 bits per heavy atom. The van der Waals surface area contributed by atoms with Crippen LogP contribution in [0.5, 0.6) is 0 Å². The average Bonchev–Trinajstić information content (AvgIpc) is 2.68. The Labute approximate surface area is 96.0 Å². The van der Waals surface area contributed by atoms with Gasteiger partial charge in [-0.2, -0.15) is 0 Å². The fraction of sp³-hybridized carbons (Fsp3) is 0.462. The van der Waals surface area contributed by atoms with Gasteiger partial charge in [-0.15, -0.1) is 0 Å². The molecule has 2 unspecified atom stereocenters. The van der Waals surface area contributed by atoms with Crippen molar-refractivity contribution in [2.24, 2.45) is 11.7 Å². The first-order valence-corrected chi connectivity index (χ1v) is 5.78. The van der Waals surface area contributed by atoms with Crippen LogP contribution in [0.25, 0.3) is 0 Å². The zero-order valence-electron chi connectivity index (χ0n) is 9.57. The third-order valence-electron chi connectivity index (χ3n) is 3.16. The second kappa shape index (κ2) is 4.66. The van der Waals surface area contributed by atoms with Gasteiger partial charge in [0.15, 0.2) is 0 Å². The number of carbonyl (C=O) groups is 1. The summed E-state index contributed by atoms with van der Waals surface area (Å²) in [5.74, 6) is 0.202. The average molecular weight is 218 g/mol. The van der Waals surface area contributed by atoms with Gasteiger partial charge in [0.05, 0.1) is 0 Å². The maximum absolute atomic E-state index is 11.9. The lowest BCUT2D eigenvalue weighted by molar-refractivity contribution is -0.119. The number of nitrogens with two attached hydrogens (primary N) is 1. The molecule has 1 fully saturated rings. The summed E-state index contributed by atoms with van der Waals surface area (Å²) >= 11 is 0. The highest BCUT2D eigenvalue weighted by molar-refractivity contribution is 5.92. The van der Waals surface area contributed by atoms with E-state index in [1.165, 1.54) is 5.56 Å². The molecule has 1 aliphatic rings. The van der Waals surface area contributed by atoms with Crippen LogP contribution in [-0.4, -0.2) is 11.9 Å². The maximum atomic E-state index is 11.9. The van der Waals surface area contributed by atoms with Gasteiger partial charge in [0.25, 0.3) is 0 Å². The Kier molecular flexibility index (Phi) is 3.25. The Bertz CT molecular complexity index is 372. The second-order valence-electron chi connectivity index (χ2n) is 4.63. The fourth-order valence-electron chi connectivity index (χ4n) is 2.14. The summed E-state index contributed by atoms with van der Waals surface area (Å²) in [5, 5.41) is 2.94. The van der Waals surface area contributed by atoms with Gasteiger partial charge in [-0.1, -0.05) is 17.7 Å². The number of carbonyl (C=O) groups excluding carboxylic acids is 1. The summed E-state index contributed by atoms with van der Waals surface area (Å²) < 4.78 is 0. The van der Waals surface area contributed by atoms with Crippen LogP contribution in [0.3, 0.4) is 0 Å². The number of aryl methyl sites for hydroxylation is 1. The molecule has 0 aliphatic heterocycles. The van der Waals surface area contributed by atoms with E-state index < -0.39 is 0 Å². The third-order valence-corrected chi connectivity index (χ3v) is 3.16. The van der Waals surface area contributed by atoms with Crippen LogP contribution in [0.1, 0.15) is 24.8 Å². The van der Waals surface area contributed by atoms with Crippen molar-refractivity contribution >= 4 is 11.6 Å². The molecule has 3 N–H and O–H groups in total. The van der Waals surface area contributed by atoms with Crippen LogP contribution in [0, 0.1) is 12.8 Å². The zero-order chi connectivity index (χ0) is 11.5. The molecule has 1 aromatic carbocycles. The number of hydrogen-bond acceptors (Lipinski definition) is 2. The van der Waals surface area contributed by atoms with Gasteiger partial charge in [-0.3, -0.25) is 4.79 Å². The van der Waals surface area contributed by atoms with Crippen molar-refractivity contribution in [2.45, 2.75) is 32.2 Å². The summed E-state index contributed by atoms with van der Waals surface area (Å²) in [6.45, 7) is 2.03. The predicted octanol–water partition coefficient (Wildman–Crippen LogP) is 2.06. The van der Waals surface area contributed by atoms with Crippen LogP contribution in [0.15, 0.2) is 24.3 Å². The van der Waals surface area contributed by atoms with E-state index in [2.05, 4.69) is 5.32 Å². The standard InChI is InChI=1S/C13H18N2O/c1-9-2-6-12(7-3-9)15-13(16)10-4-5-11(14)8-10/h2-3,6-7,10-11H,4-5,8,14H2,1H3,(H,15,16). The van der Waals surface area contributed by atoms with Gasteiger partial charge in [0.1, 0.15) is 0 Å². The number of anilines is 1. The summed E-state index contributed by atoms with van der Waals surface area (Å²) in [6, 6.07) is 8.06. The van der Waals surface area contributed by atoms with Crippen LogP contribution in [0.4, 0.5) is 5.69 Å². The lowest BCUT2D eigenvalue weighted by atomic mass is 10.1. The van der Waals surface area contributed by atoms with Crippen LogP contribution in [-0.2, 0) is 4.79 Å². The van der Waals surface area contributed by atoms with Crippen LogP contribution >= 0.6 is 0 Å². The molecule has 0 bridgehead atoms. The SMILES string of the molecule is Cc1ccc(NC(=O)C2CCC(N)C2)cc1. The van der Waals surface area contributed by atoms with Crippen molar-refractivity contribution < 1.29 is 4.79 Å². The highest BCUT2D eigenvalue weighted by atomic mass is 16.1. The van der Waals surface area contributed by atoms with Crippen molar-refractivity contribution in [3.8, 4) is 0 Å². The molecule has 0 saturated heterocycles. The normalized spacial score (nSPS) is 24.4. The van der Waals surface area contributed by atoms with E-state index in [0.717, 1.165) is 24.9 Å². The Balaban J connectivity index is 1.94. The van der Waals surface area contributed by atoms with E-state index in [0.29, 0.717) is 0 Å². The minimum atomic E-state index is 0.0938. The molecule has 3 heteroatoms. The highest BCUT2D eigenvalue weighted by Gasteiger charge is 2.27. The number of hydrogen-bond donors (Lipinski definition) is 2. The largest absolute Gasteiger partial charge is 0.328 e. The van der Waals surface area contributed by atoms with Gasteiger partial charge in [0.2, 0.25) is 5.91 Å². The molecule has 3 nitrogen and oxygen atoms in total. The van der Waals surface area contributed by atoms with Gasteiger partial charge < -0.3 is 11.1 Å². The van der Waals surface area contributed by atoms with E-state index in [1.54, 1.807) is 0 Å². The molecule has 2 rings (SSSR count). The molecular weight excluding hydrogens is 200 g/mol.